The molecule has 0 radical (unpaired) electrons. The Bertz CT molecular complexity index is 1970. The Balaban J connectivity index is 1.16. The SMILES string of the molecule is COC(=O)N1CCN(C(C)(C)CC/C=C(\C#N)C(=O)N2CCC[C@@H](n3nc(-c4ccc(Oc5ccccc5)cc4F)c4c(N)ncnc43)C2)CC1. The number of piperidine rings is 1. The summed E-state index contributed by atoms with van der Waals surface area (Å²) in [5, 5.41) is 15.2. The molecule has 14 heteroatoms. The van der Waals surface area contributed by atoms with Crippen LogP contribution in [0.3, 0.4) is 0 Å². The van der Waals surface area contributed by atoms with E-state index in [0.717, 1.165) is 6.42 Å². The molecule has 0 bridgehead atoms. The first-order valence-corrected chi connectivity index (χ1v) is 17.1. The van der Waals surface area contributed by atoms with Crippen LogP contribution in [0.5, 0.6) is 11.5 Å². The van der Waals surface area contributed by atoms with Crippen LogP contribution in [0, 0.1) is 17.1 Å². The van der Waals surface area contributed by atoms with Crippen LogP contribution in [0.25, 0.3) is 22.3 Å². The van der Waals surface area contributed by atoms with Gasteiger partial charge in [0.05, 0.1) is 18.5 Å². The number of aromatic nitrogens is 4. The molecule has 2 saturated heterocycles. The molecule has 1 atom stereocenters. The van der Waals surface area contributed by atoms with Gasteiger partial charge in [-0.3, -0.25) is 9.69 Å². The Morgan fingerprint density at radius 2 is 1.82 bits per heavy atom. The van der Waals surface area contributed by atoms with E-state index in [1.807, 2.05) is 18.2 Å². The number of anilines is 1. The summed E-state index contributed by atoms with van der Waals surface area (Å²) in [7, 11) is 1.39. The lowest BCUT2D eigenvalue weighted by Crippen LogP contribution is -2.55. The van der Waals surface area contributed by atoms with Gasteiger partial charge in [0.15, 0.2) is 5.65 Å². The molecule has 51 heavy (non-hydrogen) atoms. The van der Waals surface area contributed by atoms with Crippen molar-refractivity contribution in [3.63, 3.8) is 0 Å². The van der Waals surface area contributed by atoms with Crippen LogP contribution in [0.2, 0.25) is 0 Å². The van der Waals surface area contributed by atoms with Crippen LogP contribution in [0.4, 0.5) is 15.0 Å². The average Bonchev–Trinajstić information content (AvgIpc) is 3.54. The van der Waals surface area contributed by atoms with Gasteiger partial charge in [-0.1, -0.05) is 24.3 Å². The summed E-state index contributed by atoms with van der Waals surface area (Å²) < 4.78 is 28.0. The summed E-state index contributed by atoms with van der Waals surface area (Å²) in [6.07, 6.45) is 5.39. The molecular formula is C37H42FN9O4. The van der Waals surface area contributed by atoms with Gasteiger partial charge < -0.3 is 25.0 Å². The number of para-hydroxylation sites is 1. The number of nitrogens with two attached hydrogens (primary N) is 1. The highest BCUT2D eigenvalue weighted by atomic mass is 19.1. The van der Waals surface area contributed by atoms with E-state index in [2.05, 4.69) is 34.8 Å². The summed E-state index contributed by atoms with van der Waals surface area (Å²) in [5.41, 5.74) is 7.16. The molecule has 2 amide bonds. The second kappa shape index (κ2) is 15.1. The number of likely N-dealkylation sites (tertiary alicyclic amines) is 1. The topological polar surface area (TPSA) is 156 Å². The van der Waals surface area contributed by atoms with E-state index in [0.29, 0.717) is 86.8 Å². The lowest BCUT2D eigenvalue weighted by atomic mass is 9.94. The lowest BCUT2D eigenvalue weighted by molar-refractivity contribution is -0.128. The van der Waals surface area contributed by atoms with Crippen LogP contribution in [-0.4, -0.2) is 98.4 Å². The molecule has 2 aliphatic heterocycles. The van der Waals surface area contributed by atoms with E-state index < -0.39 is 5.82 Å². The van der Waals surface area contributed by atoms with Crippen molar-refractivity contribution >= 4 is 28.9 Å². The molecule has 0 unspecified atom stereocenters. The Kier molecular flexibility index (Phi) is 10.5. The molecule has 4 aromatic rings. The minimum absolute atomic E-state index is 0.0967. The number of nitriles is 1. The van der Waals surface area contributed by atoms with Gasteiger partial charge in [-0.05, 0) is 63.8 Å². The number of piperazine rings is 1. The Hall–Kier alpha value is -5.55. The smallest absolute Gasteiger partial charge is 0.409 e. The van der Waals surface area contributed by atoms with Gasteiger partial charge in [-0.2, -0.15) is 10.4 Å². The molecule has 266 valence electrons. The monoisotopic (exact) mass is 695 g/mol. The van der Waals surface area contributed by atoms with Crippen LogP contribution < -0.4 is 10.5 Å². The number of carbonyl (C=O) groups excluding carboxylic acids is 2. The summed E-state index contributed by atoms with van der Waals surface area (Å²) in [6, 6.07) is 15.5. The maximum absolute atomic E-state index is 15.7. The van der Waals surface area contributed by atoms with Crippen molar-refractivity contribution in [3.8, 4) is 28.8 Å². The zero-order chi connectivity index (χ0) is 36.1. The highest BCUT2D eigenvalue weighted by Gasteiger charge is 2.33. The summed E-state index contributed by atoms with van der Waals surface area (Å²) in [5.74, 6) is 0.197. The molecule has 4 heterocycles. The van der Waals surface area contributed by atoms with E-state index in [4.69, 9.17) is 20.3 Å². The van der Waals surface area contributed by atoms with E-state index >= 15 is 4.39 Å². The molecule has 2 aromatic heterocycles. The number of hydrogen-bond donors (Lipinski definition) is 1. The van der Waals surface area contributed by atoms with Gasteiger partial charge >= 0.3 is 6.09 Å². The largest absolute Gasteiger partial charge is 0.457 e. The predicted octanol–water partition coefficient (Wildman–Crippen LogP) is 5.56. The van der Waals surface area contributed by atoms with Crippen LogP contribution in [0.1, 0.15) is 45.6 Å². The molecule has 13 nitrogen and oxygen atoms in total. The van der Waals surface area contributed by atoms with E-state index in [-0.39, 0.29) is 40.5 Å². The molecule has 2 aliphatic rings. The van der Waals surface area contributed by atoms with Crippen molar-refractivity contribution < 1.29 is 23.5 Å². The number of hydrogen-bond acceptors (Lipinski definition) is 10. The van der Waals surface area contributed by atoms with Crippen molar-refractivity contribution in [3.05, 3.63) is 72.3 Å². The number of halogens is 1. The maximum Gasteiger partial charge on any atom is 0.409 e. The zero-order valence-electron chi connectivity index (χ0n) is 29.1. The summed E-state index contributed by atoms with van der Waals surface area (Å²) in [4.78, 5) is 39.9. The lowest BCUT2D eigenvalue weighted by Gasteiger charge is -2.43. The molecule has 0 spiro atoms. The normalized spacial score (nSPS) is 17.3. The van der Waals surface area contributed by atoms with Gasteiger partial charge in [0.2, 0.25) is 0 Å². The molecule has 0 saturated carbocycles. The Morgan fingerprint density at radius 1 is 1.06 bits per heavy atom. The van der Waals surface area contributed by atoms with E-state index in [1.165, 1.54) is 19.5 Å². The quantitative estimate of drug-likeness (QED) is 0.174. The number of nitrogen functional groups attached to an aromatic ring is 1. The minimum Gasteiger partial charge on any atom is -0.457 e. The number of amides is 2. The second-order valence-electron chi connectivity index (χ2n) is 13.4. The third kappa shape index (κ3) is 7.63. The maximum atomic E-state index is 15.7. The highest BCUT2D eigenvalue weighted by molar-refractivity contribution is 5.99. The fourth-order valence-corrected chi connectivity index (χ4v) is 6.86. The fourth-order valence-electron chi connectivity index (χ4n) is 6.86. The van der Waals surface area contributed by atoms with E-state index in [1.54, 1.807) is 44.8 Å². The standard InChI is InChI=1S/C37H42FN9O4/c1-37(2,46-19-17-44(18-20-46)36(49)50-3)15-7-9-25(22-39)35(48)45-16-8-10-26(23-45)47-34-31(33(40)41-24-42-34)32(43-47)29-14-13-28(21-30(29)38)51-27-11-5-4-6-12-27/h4-6,9,11-14,21,24,26H,7-8,10,15-20,23H2,1-3H3,(H2,40,41,42)/b25-9+/t26-/m1/s1. The molecule has 0 aliphatic carbocycles. The van der Waals surface area contributed by atoms with Crippen LogP contribution in [-0.2, 0) is 9.53 Å². The fraction of sp³-hybridized carbons (Fsp3) is 0.405. The number of rotatable bonds is 9. The predicted molar refractivity (Wildman–Crippen MR) is 189 cm³/mol. The number of carbonyl (C=O) groups is 2. The number of benzene rings is 2. The van der Waals surface area contributed by atoms with Gasteiger partial charge in [0, 0.05) is 56.4 Å². The molecule has 2 fully saturated rings. The molecule has 6 rings (SSSR count). The van der Waals surface area contributed by atoms with Crippen molar-refractivity contribution in [2.75, 3.05) is 52.1 Å². The number of fused-ring (bicyclic) bond motifs is 1. The van der Waals surface area contributed by atoms with Crippen LogP contribution in [0.15, 0.2) is 66.5 Å². The van der Waals surface area contributed by atoms with Gasteiger partial charge in [-0.15, -0.1) is 0 Å². The molecule has 2 aromatic carbocycles. The summed E-state index contributed by atoms with van der Waals surface area (Å²) in [6.45, 7) is 7.65. The summed E-state index contributed by atoms with van der Waals surface area (Å²) >= 11 is 0. The first-order valence-electron chi connectivity index (χ1n) is 17.1. The molecular weight excluding hydrogens is 653 g/mol. The van der Waals surface area contributed by atoms with E-state index in [9.17, 15) is 14.9 Å². The first kappa shape index (κ1) is 35.3. The van der Waals surface area contributed by atoms with Gasteiger partial charge in [0.25, 0.3) is 5.91 Å². The zero-order valence-corrected chi connectivity index (χ0v) is 29.1. The van der Waals surface area contributed by atoms with Crippen molar-refractivity contribution in [1.29, 1.82) is 5.26 Å². The first-order chi connectivity index (χ1) is 24.6. The number of allylic oxidation sites excluding steroid dienone is 1. The minimum atomic E-state index is -0.547. The Labute approximate surface area is 296 Å². The van der Waals surface area contributed by atoms with Crippen molar-refractivity contribution in [2.45, 2.75) is 51.1 Å². The van der Waals surface area contributed by atoms with Crippen LogP contribution >= 0.6 is 0 Å². The average molecular weight is 696 g/mol. The number of nitrogens with zero attached hydrogens (tertiary/aromatic N) is 8. The van der Waals surface area contributed by atoms with Gasteiger partial charge in [-0.25, -0.2) is 23.8 Å². The second-order valence-corrected chi connectivity index (χ2v) is 13.4. The number of ether oxygens (including phenoxy) is 2. The Morgan fingerprint density at radius 3 is 2.53 bits per heavy atom. The van der Waals surface area contributed by atoms with Crippen molar-refractivity contribution in [1.82, 2.24) is 34.4 Å². The van der Waals surface area contributed by atoms with Crippen molar-refractivity contribution in [2.24, 2.45) is 0 Å². The highest BCUT2D eigenvalue weighted by Crippen LogP contribution is 2.36. The third-order valence-corrected chi connectivity index (χ3v) is 9.75. The number of methoxy groups -OCH3 is 1. The molecule has 2 N–H and O–H groups in total. The third-order valence-electron chi connectivity index (χ3n) is 9.75. The van der Waals surface area contributed by atoms with Gasteiger partial charge in [0.1, 0.15) is 46.8 Å².